The van der Waals surface area contributed by atoms with E-state index >= 15 is 0 Å². The quantitative estimate of drug-likeness (QED) is 0.894. The molecule has 2 nitrogen and oxygen atoms in total. The molecule has 0 fully saturated rings. The van der Waals surface area contributed by atoms with Crippen LogP contribution in [-0.2, 0) is 6.42 Å². The molecule has 94 valence electrons. The van der Waals surface area contributed by atoms with Crippen molar-refractivity contribution in [1.29, 1.82) is 0 Å². The standard InChI is InChI=1S/C16H20N2/c1-11-4-5-18-16(9-11)15(17)10-14-7-12(2)6-13(3)8-14/h4-9,15H,10,17H2,1-3H3. The van der Waals surface area contributed by atoms with Gasteiger partial charge in [0, 0.05) is 6.20 Å². The van der Waals surface area contributed by atoms with Gasteiger partial charge in [0.05, 0.1) is 11.7 Å². The molecule has 1 aromatic carbocycles. The summed E-state index contributed by atoms with van der Waals surface area (Å²) in [4.78, 5) is 4.36. The average Bonchev–Trinajstić information content (AvgIpc) is 2.27. The second kappa shape index (κ2) is 5.32. The fraction of sp³-hybridized carbons (Fsp3) is 0.312. The highest BCUT2D eigenvalue weighted by atomic mass is 14.8. The molecule has 2 aromatic rings. The summed E-state index contributed by atoms with van der Waals surface area (Å²) in [5.41, 5.74) is 12.3. The molecule has 18 heavy (non-hydrogen) atoms. The largest absolute Gasteiger partial charge is 0.322 e. The Labute approximate surface area is 109 Å². The lowest BCUT2D eigenvalue weighted by Crippen LogP contribution is -2.15. The minimum absolute atomic E-state index is 0.0360. The molecule has 0 aliphatic rings. The summed E-state index contributed by atoms with van der Waals surface area (Å²) in [5, 5.41) is 0. The van der Waals surface area contributed by atoms with Crippen LogP contribution in [0.15, 0.2) is 36.5 Å². The van der Waals surface area contributed by atoms with E-state index in [-0.39, 0.29) is 6.04 Å². The van der Waals surface area contributed by atoms with Gasteiger partial charge >= 0.3 is 0 Å². The van der Waals surface area contributed by atoms with Crippen molar-refractivity contribution in [3.8, 4) is 0 Å². The Balaban J connectivity index is 2.18. The van der Waals surface area contributed by atoms with Crippen LogP contribution in [0, 0.1) is 20.8 Å². The van der Waals surface area contributed by atoms with Gasteiger partial charge in [0.15, 0.2) is 0 Å². The number of aryl methyl sites for hydroxylation is 3. The van der Waals surface area contributed by atoms with E-state index in [0.717, 1.165) is 12.1 Å². The molecule has 1 atom stereocenters. The summed E-state index contributed by atoms with van der Waals surface area (Å²) in [7, 11) is 0. The number of nitrogens with zero attached hydrogens (tertiary/aromatic N) is 1. The van der Waals surface area contributed by atoms with Gasteiger partial charge in [-0.25, -0.2) is 0 Å². The maximum Gasteiger partial charge on any atom is 0.0577 e. The van der Waals surface area contributed by atoms with Gasteiger partial charge in [-0.2, -0.15) is 0 Å². The van der Waals surface area contributed by atoms with E-state index in [2.05, 4.69) is 50.0 Å². The Kier molecular flexibility index (Phi) is 3.78. The first-order chi connectivity index (χ1) is 8.54. The Morgan fingerprint density at radius 1 is 1.00 bits per heavy atom. The second-order valence-corrected chi connectivity index (χ2v) is 5.06. The summed E-state index contributed by atoms with van der Waals surface area (Å²) >= 11 is 0. The maximum absolute atomic E-state index is 6.23. The maximum atomic E-state index is 6.23. The molecule has 1 unspecified atom stereocenters. The van der Waals surface area contributed by atoms with E-state index in [1.165, 1.54) is 22.3 Å². The smallest absolute Gasteiger partial charge is 0.0577 e. The molecule has 0 radical (unpaired) electrons. The summed E-state index contributed by atoms with van der Waals surface area (Å²) in [5.74, 6) is 0. The van der Waals surface area contributed by atoms with Crippen molar-refractivity contribution >= 4 is 0 Å². The van der Waals surface area contributed by atoms with Gasteiger partial charge in [0.2, 0.25) is 0 Å². The SMILES string of the molecule is Cc1cc(C)cc(CC(N)c2cc(C)ccn2)c1. The van der Waals surface area contributed by atoms with E-state index in [1.54, 1.807) is 0 Å². The number of aromatic nitrogens is 1. The molecule has 0 aliphatic heterocycles. The predicted octanol–water partition coefficient (Wildman–Crippen LogP) is 3.25. The summed E-state index contributed by atoms with van der Waals surface area (Å²) in [6, 6.07) is 10.6. The molecule has 1 aromatic heterocycles. The third-order valence-corrected chi connectivity index (χ3v) is 3.05. The molecule has 0 saturated heterocycles. The second-order valence-electron chi connectivity index (χ2n) is 5.06. The monoisotopic (exact) mass is 240 g/mol. The van der Waals surface area contributed by atoms with E-state index in [0.29, 0.717) is 0 Å². The van der Waals surface area contributed by atoms with Crippen molar-refractivity contribution in [2.75, 3.05) is 0 Å². The first-order valence-electron chi connectivity index (χ1n) is 6.30. The highest BCUT2D eigenvalue weighted by molar-refractivity contribution is 5.30. The van der Waals surface area contributed by atoms with Crippen molar-refractivity contribution < 1.29 is 0 Å². The molecule has 2 N–H and O–H groups in total. The number of rotatable bonds is 3. The van der Waals surface area contributed by atoms with E-state index in [4.69, 9.17) is 5.73 Å². The van der Waals surface area contributed by atoms with Gasteiger partial charge in [0.1, 0.15) is 0 Å². The molecule has 0 spiro atoms. The number of pyridine rings is 1. The molecule has 0 aliphatic carbocycles. The summed E-state index contributed by atoms with van der Waals surface area (Å²) in [6.07, 6.45) is 2.66. The number of nitrogens with two attached hydrogens (primary N) is 1. The van der Waals surface area contributed by atoms with Crippen molar-refractivity contribution in [2.24, 2.45) is 5.73 Å². The van der Waals surface area contributed by atoms with Crippen molar-refractivity contribution in [1.82, 2.24) is 4.98 Å². The highest BCUT2D eigenvalue weighted by Gasteiger charge is 2.09. The highest BCUT2D eigenvalue weighted by Crippen LogP contribution is 2.17. The van der Waals surface area contributed by atoms with Crippen molar-refractivity contribution in [3.63, 3.8) is 0 Å². The van der Waals surface area contributed by atoms with Crippen molar-refractivity contribution in [2.45, 2.75) is 33.2 Å². The van der Waals surface area contributed by atoms with Crippen LogP contribution in [0.25, 0.3) is 0 Å². The van der Waals surface area contributed by atoms with Crippen LogP contribution in [0.2, 0.25) is 0 Å². The van der Waals surface area contributed by atoms with Crippen LogP contribution in [0.5, 0.6) is 0 Å². The van der Waals surface area contributed by atoms with Gasteiger partial charge in [-0.1, -0.05) is 29.3 Å². The van der Waals surface area contributed by atoms with Crippen LogP contribution in [-0.4, -0.2) is 4.98 Å². The van der Waals surface area contributed by atoms with Crippen molar-refractivity contribution in [3.05, 3.63) is 64.5 Å². The zero-order valence-corrected chi connectivity index (χ0v) is 11.3. The number of hydrogen-bond donors (Lipinski definition) is 1. The molecule has 0 saturated carbocycles. The summed E-state index contributed by atoms with van der Waals surface area (Å²) < 4.78 is 0. The van der Waals surface area contributed by atoms with Gasteiger partial charge in [-0.05, 0) is 50.5 Å². The molecular weight excluding hydrogens is 220 g/mol. The molecular formula is C16H20N2. The van der Waals surface area contributed by atoms with E-state index in [1.807, 2.05) is 12.3 Å². The third kappa shape index (κ3) is 3.17. The fourth-order valence-corrected chi connectivity index (χ4v) is 2.31. The van der Waals surface area contributed by atoms with Gasteiger partial charge in [0.25, 0.3) is 0 Å². The molecule has 2 rings (SSSR count). The van der Waals surface area contributed by atoms with Gasteiger partial charge < -0.3 is 5.73 Å². The van der Waals surface area contributed by atoms with E-state index in [9.17, 15) is 0 Å². The average molecular weight is 240 g/mol. The zero-order valence-electron chi connectivity index (χ0n) is 11.3. The first kappa shape index (κ1) is 12.8. The Hall–Kier alpha value is -1.67. The normalized spacial score (nSPS) is 12.4. The van der Waals surface area contributed by atoms with Crippen LogP contribution in [0.4, 0.5) is 0 Å². The topological polar surface area (TPSA) is 38.9 Å². The minimum atomic E-state index is -0.0360. The van der Waals surface area contributed by atoms with Crippen LogP contribution < -0.4 is 5.73 Å². The number of benzene rings is 1. The van der Waals surface area contributed by atoms with Crippen LogP contribution in [0.1, 0.15) is 34.0 Å². The lowest BCUT2D eigenvalue weighted by molar-refractivity contribution is 0.695. The van der Waals surface area contributed by atoms with Gasteiger partial charge in [-0.3, -0.25) is 4.98 Å². The Morgan fingerprint density at radius 2 is 1.67 bits per heavy atom. The van der Waals surface area contributed by atoms with Crippen LogP contribution in [0.3, 0.4) is 0 Å². The predicted molar refractivity (Wildman–Crippen MR) is 75.5 cm³/mol. The Bertz CT molecular complexity index is 526. The molecule has 1 heterocycles. The molecule has 0 amide bonds. The molecule has 2 heteroatoms. The Morgan fingerprint density at radius 3 is 2.28 bits per heavy atom. The minimum Gasteiger partial charge on any atom is -0.322 e. The zero-order chi connectivity index (χ0) is 13.1. The summed E-state index contributed by atoms with van der Waals surface area (Å²) in [6.45, 7) is 6.30. The fourth-order valence-electron chi connectivity index (χ4n) is 2.31. The lowest BCUT2D eigenvalue weighted by atomic mass is 9.99. The molecule has 0 bridgehead atoms. The van der Waals surface area contributed by atoms with Gasteiger partial charge in [-0.15, -0.1) is 0 Å². The lowest BCUT2D eigenvalue weighted by Gasteiger charge is -2.13. The van der Waals surface area contributed by atoms with Crippen LogP contribution >= 0.6 is 0 Å². The first-order valence-corrected chi connectivity index (χ1v) is 6.30. The number of hydrogen-bond acceptors (Lipinski definition) is 2. The third-order valence-electron chi connectivity index (χ3n) is 3.05. The van der Waals surface area contributed by atoms with E-state index < -0.39 is 0 Å².